The molecule has 0 saturated carbocycles. The molecule has 84 valence electrons. The molecule has 1 aromatic heterocycles. The Kier molecular flexibility index (Phi) is 3.38. The molecule has 1 saturated heterocycles. The lowest BCUT2D eigenvalue weighted by atomic mass is 10.2. The van der Waals surface area contributed by atoms with Gasteiger partial charge in [-0.25, -0.2) is 0 Å². The number of hydrogen-bond acceptors (Lipinski definition) is 3. The van der Waals surface area contributed by atoms with Crippen LogP contribution in [0.25, 0.3) is 0 Å². The van der Waals surface area contributed by atoms with Gasteiger partial charge in [0.2, 0.25) is 0 Å². The zero-order valence-electron chi connectivity index (χ0n) is 9.61. The maximum absolute atomic E-state index is 4.20. The number of likely N-dealkylation sites (N-methyl/N-ethyl adjacent to an activating group) is 1. The van der Waals surface area contributed by atoms with Gasteiger partial charge in [0.25, 0.3) is 0 Å². The summed E-state index contributed by atoms with van der Waals surface area (Å²) in [4.78, 5) is 2.52. The SMILES string of the molecule is CCN(Cc1ccnn1C)C1CCNC1. The first-order valence-electron chi connectivity index (χ1n) is 5.73. The van der Waals surface area contributed by atoms with Gasteiger partial charge in [-0.3, -0.25) is 9.58 Å². The van der Waals surface area contributed by atoms with E-state index in [0.717, 1.165) is 26.2 Å². The molecule has 15 heavy (non-hydrogen) atoms. The van der Waals surface area contributed by atoms with Crippen LogP contribution in [0.1, 0.15) is 19.0 Å². The van der Waals surface area contributed by atoms with Crippen molar-refractivity contribution in [2.24, 2.45) is 7.05 Å². The van der Waals surface area contributed by atoms with Gasteiger partial charge in [-0.15, -0.1) is 0 Å². The second-order valence-electron chi connectivity index (χ2n) is 4.16. The lowest BCUT2D eigenvalue weighted by molar-refractivity contribution is 0.205. The summed E-state index contributed by atoms with van der Waals surface area (Å²) < 4.78 is 1.96. The molecule has 2 rings (SSSR count). The first-order chi connectivity index (χ1) is 7.31. The highest BCUT2D eigenvalue weighted by Crippen LogP contribution is 2.12. The van der Waals surface area contributed by atoms with Gasteiger partial charge in [-0.1, -0.05) is 6.92 Å². The van der Waals surface area contributed by atoms with Gasteiger partial charge in [0, 0.05) is 32.4 Å². The highest BCUT2D eigenvalue weighted by Gasteiger charge is 2.21. The molecular formula is C11H20N4. The summed E-state index contributed by atoms with van der Waals surface area (Å²) in [5.41, 5.74) is 1.30. The zero-order chi connectivity index (χ0) is 10.7. The summed E-state index contributed by atoms with van der Waals surface area (Å²) >= 11 is 0. The first kappa shape index (κ1) is 10.6. The molecule has 0 bridgehead atoms. The summed E-state index contributed by atoms with van der Waals surface area (Å²) in [6.45, 7) is 6.64. The average molecular weight is 208 g/mol. The number of hydrogen-bond donors (Lipinski definition) is 1. The maximum Gasteiger partial charge on any atom is 0.0521 e. The van der Waals surface area contributed by atoms with Crippen molar-refractivity contribution in [3.05, 3.63) is 18.0 Å². The fourth-order valence-electron chi connectivity index (χ4n) is 2.21. The van der Waals surface area contributed by atoms with Crippen molar-refractivity contribution < 1.29 is 0 Å². The molecule has 0 spiro atoms. The standard InChI is InChI=1S/C11H20N4/c1-3-15(10-4-6-12-8-10)9-11-5-7-13-14(11)2/h5,7,10,12H,3-4,6,8-9H2,1-2H3. The molecule has 1 unspecified atom stereocenters. The Morgan fingerprint density at radius 3 is 3.07 bits per heavy atom. The lowest BCUT2D eigenvalue weighted by Crippen LogP contribution is -2.36. The van der Waals surface area contributed by atoms with Gasteiger partial charge in [0.1, 0.15) is 0 Å². The van der Waals surface area contributed by atoms with E-state index in [-0.39, 0.29) is 0 Å². The van der Waals surface area contributed by atoms with E-state index in [9.17, 15) is 0 Å². The van der Waals surface area contributed by atoms with Crippen LogP contribution in [0.2, 0.25) is 0 Å². The van der Waals surface area contributed by atoms with Crippen molar-refractivity contribution in [2.45, 2.75) is 25.9 Å². The normalized spacial score (nSPS) is 21.4. The predicted molar refractivity (Wildman–Crippen MR) is 60.6 cm³/mol. The number of aryl methyl sites for hydroxylation is 1. The highest BCUT2D eigenvalue weighted by atomic mass is 15.3. The van der Waals surface area contributed by atoms with Gasteiger partial charge < -0.3 is 5.32 Å². The maximum atomic E-state index is 4.20. The van der Waals surface area contributed by atoms with Crippen molar-refractivity contribution in [1.82, 2.24) is 20.0 Å². The number of aromatic nitrogens is 2. The van der Waals surface area contributed by atoms with Gasteiger partial charge >= 0.3 is 0 Å². The minimum Gasteiger partial charge on any atom is -0.315 e. The molecule has 4 heteroatoms. The fourth-order valence-corrected chi connectivity index (χ4v) is 2.21. The van der Waals surface area contributed by atoms with Crippen molar-refractivity contribution in [1.29, 1.82) is 0 Å². The average Bonchev–Trinajstić information content (AvgIpc) is 2.86. The minimum absolute atomic E-state index is 0.699. The topological polar surface area (TPSA) is 33.1 Å². The van der Waals surface area contributed by atoms with Crippen LogP contribution < -0.4 is 5.32 Å². The van der Waals surface area contributed by atoms with Crippen LogP contribution in [0.15, 0.2) is 12.3 Å². The highest BCUT2D eigenvalue weighted by molar-refractivity contribution is 5.00. The van der Waals surface area contributed by atoms with E-state index in [1.807, 2.05) is 17.9 Å². The molecule has 0 radical (unpaired) electrons. The summed E-state index contributed by atoms with van der Waals surface area (Å²) in [5.74, 6) is 0. The number of nitrogens with zero attached hydrogens (tertiary/aromatic N) is 3. The van der Waals surface area contributed by atoms with E-state index in [1.165, 1.54) is 12.1 Å². The van der Waals surface area contributed by atoms with Crippen LogP contribution in [0.3, 0.4) is 0 Å². The van der Waals surface area contributed by atoms with Gasteiger partial charge in [0.05, 0.1) is 5.69 Å². The fraction of sp³-hybridized carbons (Fsp3) is 0.727. The third-order valence-electron chi connectivity index (χ3n) is 3.24. The summed E-state index contributed by atoms with van der Waals surface area (Å²) in [6.07, 6.45) is 3.14. The molecule has 1 aliphatic rings. The van der Waals surface area contributed by atoms with Gasteiger partial charge in [0.15, 0.2) is 0 Å². The molecule has 2 heterocycles. The zero-order valence-corrected chi connectivity index (χ0v) is 9.61. The van der Waals surface area contributed by atoms with E-state index < -0.39 is 0 Å². The molecule has 4 nitrogen and oxygen atoms in total. The van der Waals surface area contributed by atoms with Crippen molar-refractivity contribution in [3.63, 3.8) is 0 Å². The van der Waals surface area contributed by atoms with Crippen LogP contribution in [-0.2, 0) is 13.6 Å². The van der Waals surface area contributed by atoms with Crippen LogP contribution in [0.5, 0.6) is 0 Å². The largest absolute Gasteiger partial charge is 0.315 e. The van der Waals surface area contributed by atoms with Crippen molar-refractivity contribution in [2.75, 3.05) is 19.6 Å². The van der Waals surface area contributed by atoms with Crippen molar-refractivity contribution in [3.8, 4) is 0 Å². The minimum atomic E-state index is 0.699. The molecule has 0 aromatic carbocycles. The summed E-state index contributed by atoms with van der Waals surface area (Å²) in [7, 11) is 2.01. The monoisotopic (exact) mass is 208 g/mol. The molecule has 0 amide bonds. The van der Waals surface area contributed by atoms with E-state index in [1.54, 1.807) is 0 Å². The predicted octanol–water partition coefficient (Wildman–Crippen LogP) is 0.604. The third kappa shape index (κ3) is 2.38. The second-order valence-corrected chi connectivity index (χ2v) is 4.16. The Bertz CT molecular complexity index is 301. The first-order valence-corrected chi connectivity index (χ1v) is 5.73. The van der Waals surface area contributed by atoms with E-state index in [2.05, 4.69) is 28.3 Å². The number of nitrogens with one attached hydrogen (secondary N) is 1. The Hall–Kier alpha value is -0.870. The third-order valence-corrected chi connectivity index (χ3v) is 3.24. The smallest absolute Gasteiger partial charge is 0.0521 e. The molecule has 1 fully saturated rings. The molecule has 0 aliphatic carbocycles. The Morgan fingerprint density at radius 1 is 1.67 bits per heavy atom. The Balaban J connectivity index is 1.98. The van der Waals surface area contributed by atoms with E-state index in [4.69, 9.17) is 0 Å². The Morgan fingerprint density at radius 2 is 2.53 bits per heavy atom. The second kappa shape index (κ2) is 4.77. The van der Waals surface area contributed by atoms with Crippen molar-refractivity contribution >= 4 is 0 Å². The van der Waals surface area contributed by atoms with Crippen LogP contribution in [0.4, 0.5) is 0 Å². The van der Waals surface area contributed by atoms with E-state index >= 15 is 0 Å². The molecule has 1 aliphatic heterocycles. The number of rotatable bonds is 4. The van der Waals surface area contributed by atoms with Crippen LogP contribution in [-0.4, -0.2) is 40.4 Å². The van der Waals surface area contributed by atoms with Crippen LogP contribution in [0, 0.1) is 0 Å². The quantitative estimate of drug-likeness (QED) is 0.787. The molecule has 1 atom stereocenters. The van der Waals surface area contributed by atoms with Gasteiger partial charge in [-0.05, 0) is 25.6 Å². The molecule has 1 N–H and O–H groups in total. The summed E-state index contributed by atoms with van der Waals surface area (Å²) in [5, 5.41) is 7.62. The van der Waals surface area contributed by atoms with Crippen LogP contribution >= 0.6 is 0 Å². The summed E-state index contributed by atoms with van der Waals surface area (Å²) in [6, 6.07) is 2.80. The Labute approximate surface area is 91.3 Å². The molecule has 1 aromatic rings. The van der Waals surface area contributed by atoms with E-state index in [0.29, 0.717) is 6.04 Å². The van der Waals surface area contributed by atoms with Gasteiger partial charge in [-0.2, -0.15) is 5.10 Å². The molecular weight excluding hydrogens is 188 g/mol. The lowest BCUT2D eigenvalue weighted by Gasteiger charge is -2.26.